The Hall–Kier alpha value is -0.980. The SMILES string of the molecule is CCC1Cc2cc(O)cc(C(C)(C)C)c2C12CCC2. The fourth-order valence-electron chi connectivity index (χ4n) is 4.44. The molecule has 1 atom stereocenters. The number of phenols is 1. The van der Waals surface area contributed by atoms with Crippen molar-refractivity contribution >= 4 is 0 Å². The molecule has 2 aliphatic rings. The molecular weight excluding hydrogens is 232 g/mol. The van der Waals surface area contributed by atoms with Crippen LogP contribution in [0.2, 0.25) is 0 Å². The van der Waals surface area contributed by atoms with E-state index >= 15 is 0 Å². The lowest BCUT2D eigenvalue weighted by Gasteiger charge is -2.46. The largest absolute Gasteiger partial charge is 0.508 e. The van der Waals surface area contributed by atoms with Crippen molar-refractivity contribution in [2.75, 3.05) is 0 Å². The summed E-state index contributed by atoms with van der Waals surface area (Å²) in [5, 5.41) is 10.1. The van der Waals surface area contributed by atoms with Crippen LogP contribution < -0.4 is 0 Å². The molecule has 1 saturated carbocycles. The summed E-state index contributed by atoms with van der Waals surface area (Å²) in [6.07, 6.45) is 6.52. The molecule has 1 N–H and O–H groups in total. The van der Waals surface area contributed by atoms with E-state index in [9.17, 15) is 5.11 Å². The minimum absolute atomic E-state index is 0.119. The molecule has 0 aliphatic heterocycles. The van der Waals surface area contributed by atoms with Gasteiger partial charge in [0, 0.05) is 0 Å². The second-order valence-electron chi connectivity index (χ2n) is 7.60. The van der Waals surface area contributed by atoms with Gasteiger partial charge in [-0.05, 0) is 64.8 Å². The Balaban J connectivity index is 2.22. The Bertz CT molecular complexity index is 503. The Morgan fingerprint density at radius 3 is 2.42 bits per heavy atom. The van der Waals surface area contributed by atoms with Gasteiger partial charge in [-0.15, -0.1) is 0 Å². The van der Waals surface area contributed by atoms with Gasteiger partial charge in [0.05, 0.1) is 0 Å². The molecule has 0 saturated heterocycles. The van der Waals surface area contributed by atoms with Gasteiger partial charge in [-0.3, -0.25) is 0 Å². The maximum Gasteiger partial charge on any atom is 0.116 e. The van der Waals surface area contributed by atoms with Gasteiger partial charge in [-0.2, -0.15) is 0 Å². The fraction of sp³-hybridized carbons (Fsp3) is 0.667. The van der Waals surface area contributed by atoms with Gasteiger partial charge in [0.15, 0.2) is 0 Å². The Kier molecular flexibility index (Phi) is 2.75. The number of hydrogen-bond acceptors (Lipinski definition) is 1. The minimum Gasteiger partial charge on any atom is -0.508 e. The molecule has 1 unspecified atom stereocenters. The second kappa shape index (κ2) is 4.01. The van der Waals surface area contributed by atoms with Gasteiger partial charge < -0.3 is 5.11 Å². The monoisotopic (exact) mass is 258 g/mol. The highest BCUT2D eigenvalue weighted by molar-refractivity contribution is 5.53. The summed E-state index contributed by atoms with van der Waals surface area (Å²) < 4.78 is 0. The molecule has 1 nitrogen and oxygen atoms in total. The molecule has 1 spiro atoms. The molecule has 2 aliphatic carbocycles. The highest BCUT2D eigenvalue weighted by Gasteiger charge is 2.51. The average molecular weight is 258 g/mol. The van der Waals surface area contributed by atoms with Crippen LogP contribution in [0.15, 0.2) is 12.1 Å². The predicted octanol–water partition coefficient (Wildman–Crippen LogP) is 4.69. The van der Waals surface area contributed by atoms with Gasteiger partial charge in [-0.1, -0.05) is 40.5 Å². The molecule has 1 aromatic carbocycles. The molecule has 0 bridgehead atoms. The fourth-order valence-corrected chi connectivity index (χ4v) is 4.44. The number of hydrogen-bond donors (Lipinski definition) is 1. The Labute approximate surface area is 117 Å². The van der Waals surface area contributed by atoms with Crippen LogP contribution in [0.4, 0.5) is 0 Å². The van der Waals surface area contributed by atoms with E-state index in [-0.39, 0.29) is 5.41 Å². The first kappa shape index (κ1) is 13.0. The first-order chi connectivity index (χ1) is 8.88. The first-order valence-electron chi connectivity index (χ1n) is 7.75. The van der Waals surface area contributed by atoms with Gasteiger partial charge in [0.1, 0.15) is 5.75 Å². The lowest BCUT2D eigenvalue weighted by Crippen LogP contribution is -2.40. The summed E-state index contributed by atoms with van der Waals surface area (Å²) in [4.78, 5) is 0. The normalized spacial score (nSPS) is 24.3. The third-order valence-electron chi connectivity index (χ3n) is 5.50. The molecule has 0 aromatic heterocycles. The van der Waals surface area contributed by atoms with Crippen LogP contribution in [0.5, 0.6) is 5.75 Å². The van der Waals surface area contributed by atoms with Gasteiger partial charge in [-0.25, -0.2) is 0 Å². The van der Waals surface area contributed by atoms with Crippen molar-refractivity contribution in [2.24, 2.45) is 5.92 Å². The Morgan fingerprint density at radius 1 is 1.26 bits per heavy atom. The van der Waals surface area contributed by atoms with Crippen LogP contribution in [0, 0.1) is 5.92 Å². The summed E-state index contributed by atoms with van der Waals surface area (Å²) in [5.41, 5.74) is 4.99. The van der Waals surface area contributed by atoms with E-state index in [0.29, 0.717) is 11.2 Å². The third kappa shape index (κ3) is 1.74. The van der Waals surface area contributed by atoms with Crippen molar-refractivity contribution in [1.82, 2.24) is 0 Å². The average Bonchev–Trinajstić information content (AvgIpc) is 2.59. The van der Waals surface area contributed by atoms with Crippen molar-refractivity contribution < 1.29 is 5.11 Å². The summed E-state index contributed by atoms with van der Waals surface area (Å²) in [5.74, 6) is 1.24. The van der Waals surface area contributed by atoms with Crippen molar-refractivity contribution in [2.45, 2.75) is 70.6 Å². The van der Waals surface area contributed by atoms with Crippen LogP contribution >= 0.6 is 0 Å². The standard InChI is InChI=1S/C18H26O/c1-5-13-9-12-10-14(19)11-15(17(2,3)4)16(12)18(13)7-6-8-18/h10-11,13,19H,5-9H2,1-4H3. The van der Waals surface area contributed by atoms with Crippen LogP contribution in [0.3, 0.4) is 0 Å². The molecule has 3 rings (SSSR count). The number of rotatable bonds is 1. The number of aromatic hydroxyl groups is 1. The lowest BCUT2D eigenvalue weighted by molar-refractivity contribution is 0.158. The van der Waals surface area contributed by atoms with E-state index in [1.54, 1.807) is 5.56 Å². The third-order valence-corrected chi connectivity index (χ3v) is 5.50. The van der Waals surface area contributed by atoms with Crippen LogP contribution in [0.25, 0.3) is 0 Å². The first-order valence-corrected chi connectivity index (χ1v) is 7.75. The molecule has 104 valence electrons. The van der Waals surface area contributed by atoms with E-state index in [0.717, 1.165) is 5.92 Å². The van der Waals surface area contributed by atoms with E-state index in [1.165, 1.54) is 43.2 Å². The topological polar surface area (TPSA) is 20.2 Å². The van der Waals surface area contributed by atoms with Crippen LogP contribution in [-0.4, -0.2) is 5.11 Å². The molecule has 19 heavy (non-hydrogen) atoms. The van der Waals surface area contributed by atoms with Crippen molar-refractivity contribution in [3.63, 3.8) is 0 Å². The molecule has 1 fully saturated rings. The van der Waals surface area contributed by atoms with E-state index < -0.39 is 0 Å². The predicted molar refractivity (Wildman–Crippen MR) is 79.8 cm³/mol. The van der Waals surface area contributed by atoms with E-state index in [1.807, 2.05) is 12.1 Å². The zero-order valence-corrected chi connectivity index (χ0v) is 12.7. The molecule has 1 aromatic rings. The van der Waals surface area contributed by atoms with Crippen molar-refractivity contribution in [3.8, 4) is 5.75 Å². The summed E-state index contributed by atoms with van der Waals surface area (Å²) in [6.45, 7) is 9.14. The minimum atomic E-state index is 0.119. The number of fused-ring (bicyclic) bond motifs is 2. The zero-order chi connectivity index (χ0) is 13.8. The van der Waals surface area contributed by atoms with Gasteiger partial charge in [0.2, 0.25) is 0 Å². The van der Waals surface area contributed by atoms with Crippen molar-refractivity contribution in [1.29, 1.82) is 0 Å². The summed E-state index contributed by atoms with van der Waals surface area (Å²) in [6, 6.07) is 4.05. The molecule has 0 heterocycles. The lowest BCUT2D eigenvalue weighted by atomic mass is 9.58. The molecule has 0 amide bonds. The van der Waals surface area contributed by atoms with Crippen LogP contribution in [0.1, 0.15) is 70.1 Å². The second-order valence-corrected chi connectivity index (χ2v) is 7.60. The van der Waals surface area contributed by atoms with Crippen LogP contribution in [-0.2, 0) is 17.3 Å². The Morgan fingerprint density at radius 2 is 1.95 bits per heavy atom. The quantitative estimate of drug-likeness (QED) is 0.774. The van der Waals surface area contributed by atoms with E-state index in [2.05, 4.69) is 27.7 Å². The maximum atomic E-state index is 10.1. The molecule has 0 radical (unpaired) electrons. The summed E-state index contributed by atoms with van der Waals surface area (Å²) >= 11 is 0. The highest BCUT2D eigenvalue weighted by Crippen LogP contribution is 2.59. The molecule has 1 heteroatoms. The zero-order valence-electron chi connectivity index (χ0n) is 12.7. The maximum absolute atomic E-state index is 10.1. The van der Waals surface area contributed by atoms with E-state index in [4.69, 9.17) is 0 Å². The molecular formula is C18H26O. The van der Waals surface area contributed by atoms with Gasteiger partial charge in [0.25, 0.3) is 0 Å². The number of phenolic OH excluding ortho intramolecular Hbond substituents is 1. The smallest absolute Gasteiger partial charge is 0.116 e. The van der Waals surface area contributed by atoms with Gasteiger partial charge >= 0.3 is 0 Å². The highest BCUT2D eigenvalue weighted by atomic mass is 16.3. The van der Waals surface area contributed by atoms with Crippen molar-refractivity contribution in [3.05, 3.63) is 28.8 Å². The summed E-state index contributed by atoms with van der Waals surface area (Å²) in [7, 11) is 0. The number of benzene rings is 1.